The van der Waals surface area contributed by atoms with Gasteiger partial charge in [-0.15, -0.1) is 6.58 Å². The van der Waals surface area contributed by atoms with Gasteiger partial charge in [0.2, 0.25) is 0 Å². The highest BCUT2D eigenvalue weighted by atomic mass is 19.1. The fourth-order valence-corrected chi connectivity index (χ4v) is 4.50. The summed E-state index contributed by atoms with van der Waals surface area (Å²) >= 11 is 0. The molecular formula is C36H43FO5. The molecule has 0 N–H and O–H groups in total. The summed E-state index contributed by atoms with van der Waals surface area (Å²) in [6.07, 6.45) is 11.9. The first kappa shape index (κ1) is 32.8. The van der Waals surface area contributed by atoms with E-state index in [0.29, 0.717) is 32.0 Å². The maximum absolute atomic E-state index is 15.1. The standard InChI is InChI=1S/C36H43FO5/c1-3-24-41-42-27-12-6-5-9-13-29-14-16-30(17-15-29)32-20-23-34(35(37)28-32)31-18-21-33(22-19-31)39-25-10-7-8-11-26-40-36(38)4-2/h3-4,14-23,28H,1-2,5-13,24-27H2. The average molecular weight is 575 g/mol. The maximum atomic E-state index is 15.1. The molecule has 3 aromatic carbocycles. The number of carbonyl (C=O) groups excluding carboxylic acids is 1. The highest BCUT2D eigenvalue weighted by molar-refractivity contribution is 5.81. The first-order chi connectivity index (χ1) is 20.6. The molecule has 0 aliphatic rings. The smallest absolute Gasteiger partial charge is 0.330 e. The summed E-state index contributed by atoms with van der Waals surface area (Å²) in [6, 6.07) is 21.3. The third kappa shape index (κ3) is 12.0. The van der Waals surface area contributed by atoms with Crippen LogP contribution in [0.15, 0.2) is 92.0 Å². The summed E-state index contributed by atoms with van der Waals surface area (Å²) in [7, 11) is 0. The van der Waals surface area contributed by atoms with E-state index in [1.54, 1.807) is 12.1 Å². The van der Waals surface area contributed by atoms with Crippen LogP contribution >= 0.6 is 0 Å². The van der Waals surface area contributed by atoms with Gasteiger partial charge in [0.25, 0.3) is 0 Å². The number of aryl methyl sites for hydroxylation is 1. The molecule has 0 amide bonds. The first-order valence-corrected chi connectivity index (χ1v) is 14.9. The Labute approximate surface area is 249 Å². The number of carbonyl (C=O) groups is 1. The van der Waals surface area contributed by atoms with Crippen molar-refractivity contribution in [3.05, 3.63) is 103 Å². The lowest BCUT2D eigenvalue weighted by atomic mass is 9.98. The van der Waals surface area contributed by atoms with Crippen molar-refractivity contribution >= 4 is 5.97 Å². The molecule has 0 bridgehead atoms. The molecule has 3 aromatic rings. The van der Waals surface area contributed by atoms with E-state index in [0.717, 1.165) is 80.2 Å². The Kier molecular flexibility index (Phi) is 15.1. The molecule has 0 heterocycles. The molecule has 0 radical (unpaired) electrons. The fraction of sp³-hybridized carbons (Fsp3) is 0.361. The molecule has 0 fully saturated rings. The summed E-state index contributed by atoms with van der Waals surface area (Å²) in [4.78, 5) is 21.0. The number of benzene rings is 3. The zero-order chi connectivity index (χ0) is 29.8. The molecule has 0 aliphatic carbocycles. The Balaban J connectivity index is 1.38. The molecule has 224 valence electrons. The molecule has 0 saturated carbocycles. The van der Waals surface area contributed by atoms with E-state index in [1.165, 1.54) is 11.6 Å². The average Bonchev–Trinajstić information content (AvgIpc) is 3.02. The molecule has 6 heteroatoms. The molecule has 0 aromatic heterocycles. The van der Waals surface area contributed by atoms with Crippen molar-refractivity contribution in [2.75, 3.05) is 26.4 Å². The van der Waals surface area contributed by atoms with E-state index in [-0.39, 0.29) is 11.8 Å². The second-order valence-corrected chi connectivity index (χ2v) is 10.1. The number of hydrogen-bond acceptors (Lipinski definition) is 5. The van der Waals surface area contributed by atoms with Gasteiger partial charge >= 0.3 is 5.97 Å². The van der Waals surface area contributed by atoms with Gasteiger partial charge in [0.05, 0.1) is 19.8 Å². The number of rotatable bonds is 21. The minimum atomic E-state index is -0.380. The largest absolute Gasteiger partial charge is 0.494 e. The van der Waals surface area contributed by atoms with Gasteiger partial charge in [-0.3, -0.25) is 0 Å². The molecule has 42 heavy (non-hydrogen) atoms. The van der Waals surface area contributed by atoms with Crippen molar-refractivity contribution < 1.29 is 28.4 Å². The monoisotopic (exact) mass is 574 g/mol. The van der Waals surface area contributed by atoms with Crippen molar-refractivity contribution in [1.82, 2.24) is 0 Å². The second kappa shape index (κ2) is 19.4. The number of ether oxygens (including phenoxy) is 2. The van der Waals surface area contributed by atoms with Crippen LogP contribution in [-0.2, 0) is 25.7 Å². The van der Waals surface area contributed by atoms with Gasteiger partial charge in [0, 0.05) is 11.6 Å². The summed E-state index contributed by atoms with van der Waals surface area (Å²) in [5.74, 6) is 0.136. The van der Waals surface area contributed by atoms with Crippen LogP contribution in [0.3, 0.4) is 0 Å². The van der Waals surface area contributed by atoms with Gasteiger partial charge in [-0.05, 0) is 85.4 Å². The van der Waals surface area contributed by atoms with Crippen molar-refractivity contribution in [3.8, 4) is 28.0 Å². The van der Waals surface area contributed by atoms with Gasteiger partial charge in [-0.1, -0.05) is 74.0 Å². The van der Waals surface area contributed by atoms with Crippen LogP contribution in [0, 0.1) is 5.82 Å². The lowest BCUT2D eigenvalue weighted by molar-refractivity contribution is -0.286. The normalized spacial score (nSPS) is 10.8. The van der Waals surface area contributed by atoms with Crippen molar-refractivity contribution in [3.63, 3.8) is 0 Å². The highest BCUT2D eigenvalue weighted by Gasteiger charge is 2.08. The summed E-state index contributed by atoms with van der Waals surface area (Å²) < 4.78 is 25.9. The Hall–Kier alpha value is -3.74. The SMILES string of the molecule is C=CCOOCCCCCCc1ccc(-c2ccc(-c3ccc(OCCCCCCOC(=O)C=C)cc3)c(F)c2)cc1. The molecule has 3 rings (SSSR count). The summed E-state index contributed by atoms with van der Waals surface area (Å²) in [5.41, 5.74) is 4.53. The third-order valence-corrected chi connectivity index (χ3v) is 6.85. The number of esters is 1. The molecule has 0 saturated heterocycles. The number of unbranched alkanes of at least 4 members (excludes halogenated alkanes) is 6. The Bertz CT molecular complexity index is 1220. The van der Waals surface area contributed by atoms with Crippen LogP contribution in [0.2, 0.25) is 0 Å². The topological polar surface area (TPSA) is 54.0 Å². The van der Waals surface area contributed by atoms with Crippen LogP contribution in [0.25, 0.3) is 22.3 Å². The predicted molar refractivity (Wildman–Crippen MR) is 167 cm³/mol. The maximum Gasteiger partial charge on any atom is 0.330 e. The van der Waals surface area contributed by atoms with E-state index >= 15 is 4.39 Å². The van der Waals surface area contributed by atoms with Crippen molar-refractivity contribution in [2.45, 2.75) is 57.8 Å². The predicted octanol–water partition coefficient (Wildman–Crippen LogP) is 9.07. The van der Waals surface area contributed by atoms with Crippen LogP contribution in [-0.4, -0.2) is 32.4 Å². The van der Waals surface area contributed by atoms with E-state index in [4.69, 9.17) is 19.2 Å². The Morgan fingerprint density at radius 2 is 1.33 bits per heavy atom. The van der Waals surface area contributed by atoms with Gasteiger partial charge in [0.15, 0.2) is 0 Å². The van der Waals surface area contributed by atoms with Crippen molar-refractivity contribution in [2.24, 2.45) is 0 Å². The third-order valence-electron chi connectivity index (χ3n) is 6.85. The Morgan fingerprint density at radius 1 is 0.690 bits per heavy atom. The molecule has 0 atom stereocenters. The zero-order valence-corrected chi connectivity index (χ0v) is 24.5. The summed E-state index contributed by atoms with van der Waals surface area (Å²) in [5, 5.41) is 0. The van der Waals surface area contributed by atoms with E-state index in [2.05, 4.69) is 37.4 Å². The lowest BCUT2D eigenvalue weighted by Gasteiger charge is -2.10. The van der Waals surface area contributed by atoms with Crippen LogP contribution in [0.4, 0.5) is 4.39 Å². The van der Waals surface area contributed by atoms with Gasteiger partial charge in [-0.2, -0.15) is 0 Å². The molecule has 0 spiro atoms. The number of halogens is 1. The van der Waals surface area contributed by atoms with E-state index in [9.17, 15) is 4.79 Å². The first-order valence-electron chi connectivity index (χ1n) is 14.9. The number of hydrogen-bond donors (Lipinski definition) is 0. The minimum Gasteiger partial charge on any atom is -0.494 e. The van der Waals surface area contributed by atoms with Crippen molar-refractivity contribution in [1.29, 1.82) is 0 Å². The molecule has 0 unspecified atom stereocenters. The minimum absolute atomic E-state index is 0.247. The van der Waals surface area contributed by atoms with E-state index in [1.807, 2.05) is 36.4 Å². The van der Waals surface area contributed by atoms with Gasteiger partial charge in [-0.25, -0.2) is 19.0 Å². The highest BCUT2D eigenvalue weighted by Crippen LogP contribution is 2.29. The van der Waals surface area contributed by atoms with Gasteiger partial charge < -0.3 is 9.47 Å². The molecule has 5 nitrogen and oxygen atoms in total. The van der Waals surface area contributed by atoms with Gasteiger partial charge in [0.1, 0.15) is 18.2 Å². The van der Waals surface area contributed by atoms with Crippen LogP contribution in [0.5, 0.6) is 5.75 Å². The lowest BCUT2D eigenvalue weighted by Crippen LogP contribution is -2.02. The quantitative estimate of drug-likeness (QED) is 0.0317. The van der Waals surface area contributed by atoms with Crippen LogP contribution in [0.1, 0.15) is 56.9 Å². The molecule has 0 aliphatic heterocycles. The van der Waals surface area contributed by atoms with Crippen LogP contribution < -0.4 is 4.74 Å². The second-order valence-electron chi connectivity index (χ2n) is 10.1. The molecular weight excluding hydrogens is 531 g/mol. The fourth-order valence-electron chi connectivity index (χ4n) is 4.50. The Morgan fingerprint density at radius 3 is 2.02 bits per heavy atom. The van der Waals surface area contributed by atoms with E-state index < -0.39 is 0 Å². The zero-order valence-electron chi connectivity index (χ0n) is 24.5. The summed E-state index contributed by atoms with van der Waals surface area (Å²) in [6.45, 7) is 9.01.